The minimum atomic E-state index is -0.483. The third-order valence-corrected chi connectivity index (χ3v) is 5.41. The summed E-state index contributed by atoms with van der Waals surface area (Å²) in [5.74, 6) is 0.0444. The van der Waals surface area contributed by atoms with Gasteiger partial charge in [0.25, 0.3) is 0 Å². The van der Waals surface area contributed by atoms with Crippen LogP contribution >= 0.6 is 12.4 Å². The molecule has 5 nitrogen and oxygen atoms in total. The van der Waals surface area contributed by atoms with Gasteiger partial charge in [-0.15, -0.1) is 12.4 Å². The number of aryl methyl sites for hydroxylation is 3. The van der Waals surface area contributed by atoms with E-state index in [4.69, 9.17) is 10.5 Å². The summed E-state index contributed by atoms with van der Waals surface area (Å²) >= 11 is 0. The number of aromatic amines is 1. The molecule has 1 aromatic heterocycles. The molecule has 4 N–H and O–H groups in total. The lowest BCUT2D eigenvalue weighted by Gasteiger charge is -2.34. The molecule has 0 saturated carbocycles. The number of halogens is 1. The molecule has 1 aliphatic heterocycles. The van der Waals surface area contributed by atoms with Crippen LogP contribution in [0.4, 0.5) is 0 Å². The van der Waals surface area contributed by atoms with E-state index in [1.165, 1.54) is 22.2 Å². The Kier molecular flexibility index (Phi) is 6.14. The smallest absolute Gasteiger partial charge is 0.227 e. The molecule has 1 amide bonds. The molecule has 0 unspecified atom stereocenters. The molecule has 1 aromatic carbocycles. The number of ether oxygens (including phenoxy) is 1. The van der Waals surface area contributed by atoms with Crippen molar-refractivity contribution in [2.75, 3.05) is 19.8 Å². The van der Waals surface area contributed by atoms with Gasteiger partial charge in [0.05, 0.1) is 10.9 Å². The number of carbonyl (C=O) groups excluding carboxylic acids is 1. The van der Waals surface area contributed by atoms with Gasteiger partial charge in [0.15, 0.2) is 0 Å². The fourth-order valence-electron chi connectivity index (χ4n) is 3.58. The predicted molar refractivity (Wildman–Crippen MR) is 103 cm³/mol. The maximum atomic E-state index is 12.8. The molecule has 1 saturated heterocycles. The van der Waals surface area contributed by atoms with Crippen LogP contribution in [0.5, 0.6) is 0 Å². The van der Waals surface area contributed by atoms with Gasteiger partial charge in [-0.05, 0) is 50.8 Å². The Balaban J connectivity index is 0.00000225. The van der Waals surface area contributed by atoms with Gasteiger partial charge < -0.3 is 20.8 Å². The van der Waals surface area contributed by atoms with E-state index in [1.807, 2.05) is 0 Å². The number of nitrogens with two attached hydrogens (primary N) is 1. The number of hydrogen-bond acceptors (Lipinski definition) is 3. The van der Waals surface area contributed by atoms with Crippen molar-refractivity contribution in [1.29, 1.82) is 0 Å². The van der Waals surface area contributed by atoms with E-state index >= 15 is 0 Å². The first kappa shape index (κ1) is 19.8. The van der Waals surface area contributed by atoms with Gasteiger partial charge in [-0.1, -0.05) is 11.6 Å². The van der Waals surface area contributed by atoms with Crippen molar-refractivity contribution < 1.29 is 9.53 Å². The van der Waals surface area contributed by atoms with Crippen LogP contribution in [0.25, 0.3) is 10.9 Å². The topological polar surface area (TPSA) is 80.1 Å². The van der Waals surface area contributed by atoms with Crippen LogP contribution in [-0.4, -0.2) is 30.6 Å². The van der Waals surface area contributed by atoms with E-state index in [1.54, 1.807) is 0 Å². The van der Waals surface area contributed by atoms with Crippen LogP contribution in [0.3, 0.4) is 0 Å². The van der Waals surface area contributed by atoms with E-state index in [9.17, 15) is 4.79 Å². The van der Waals surface area contributed by atoms with Crippen molar-refractivity contribution in [3.05, 3.63) is 34.5 Å². The van der Waals surface area contributed by atoms with Crippen LogP contribution in [0.15, 0.2) is 12.1 Å². The molecule has 0 spiro atoms. The SMILES string of the molecule is Cc1cc(CNC(=O)C2(CN)CCOCC2)c2[nH]c(C)c(C)c2c1.Cl. The fourth-order valence-corrected chi connectivity index (χ4v) is 3.58. The van der Waals surface area contributed by atoms with Crippen molar-refractivity contribution in [3.63, 3.8) is 0 Å². The quantitative estimate of drug-likeness (QED) is 0.779. The molecule has 6 heteroatoms. The van der Waals surface area contributed by atoms with Crippen molar-refractivity contribution >= 4 is 29.2 Å². The van der Waals surface area contributed by atoms with Gasteiger partial charge in [0, 0.05) is 37.4 Å². The first-order valence-corrected chi connectivity index (χ1v) is 8.61. The van der Waals surface area contributed by atoms with Crippen LogP contribution in [0, 0.1) is 26.2 Å². The maximum absolute atomic E-state index is 12.8. The number of carbonyl (C=O) groups is 1. The number of rotatable bonds is 4. The summed E-state index contributed by atoms with van der Waals surface area (Å²) in [7, 11) is 0. The molecule has 0 atom stereocenters. The highest BCUT2D eigenvalue weighted by atomic mass is 35.5. The number of nitrogens with one attached hydrogen (secondary N) is 2. The summed E-state index contributed by atoms with van der Waals surface area (Å²) in [4.78, 5) is 16.2. The van der Waals surface area contributed by atoms with E-state index in [0.717, 1.165) is 11.1 Å². The van der Waals surface area contributed by atoms with E-state index < -0.39 is 5.41 Å². The normalized spacial score (nSPS) is 16.5. The second-order valence-electron chi connectivity index (χ2n) is 7.00. The summed E-state index contributed by atoms with van der Waals surface area (Å²) in [5.41, 5.74) is 11.3. The number of hydrogen-bond donors (Lipinski definition) is 3. The molecule has 2 aromatic rings. The number of H-pyrrole nitrogens is 1. The number of fused-ring (bicyclic) bond motifs is 1. The van der Waals surface area contributed by atoms with Gasteiger partial charge in [-0.2, -0.15) is 0 Å². The lowest BCUT2D eigenvalue weighted by molar-refractivity contribution is -0.136. The Bertz CT molecular complexity index is 764. The lowest BCUT2D eigenvalue weighted by atomic mass is 9.79. The lowest BCUT2D eigenvalue weighted by Crippen LogP contribution is -2.49. The Morgan fingerprint density at radius 2 is 1.96 bits per heavy atom. The van der Waals surface area contributed by atoms with Crippen LogP contribution in [0.2, 0.25) is 0 Å². The Hall–Kier alpha value is -1.56. The molecule has 3 rings (SSSR count). The van der Waals surface area contributed by atoms with Gasteiger partial charge in [-0.25, -0.2) is 0 Å². The molecule has 0 aliphatic carbocycles. The zero-order chi connectivity index (χ0) is 17.3. The third kappa shape index (κ3) is 3.68. The highest BCUT2D eigenvalue weighted by Crippen LogP contribution is 2.30. The zero-order valence-corrected chi connectivity index (χ0v) is 16.0. The largest absolute Gasteiger partial charge is 0.381 e. The van der Waals surface area contributed by atoms with Gasteiger partial charge in [0.1, 0.15) is 0 Å². The van der Waals surface area contributed by atoms with Crippen molar-refractivity contribution in [3.8, 4) is 0 Å². The first-order valence-electron chi connectivity index (χ1n) is 8.61. The monoisotopic (exact) mass is 365 g/mol. The van der Waals surface area contributed by atoms with E-state index in [2.05, 4.69) is 43.2 Å². The standard InChI is InChI=1S/C19H27N3O2.ClH/c1-12-8-15(17-16(9-12)13(2)14(3)22-17)10-21-18(23)19(11-20)4-6-24-7-5-19;/h8-9,22H,4-7,10-11,20H2,1-3H3,(H,21,23);1H. The molecular weight excluding hydrogens is 338 g/mol. The second kappa shape index (κ2) is 7.77. The molecule has 1 fully saturated rings. The summed E-state index contributed by atoms with van der Waals surface area (Å²) in [6, 6.07) is 4.33. The van der Waals surface area contributed by atoms with E-state index in [-0.39, 0.29) is 18.3 Å². The predicted octanol–water partition coefficient (Wildman–Crippen LogP) is 2.89. The van der Waals surface area contributed by atoms with E-state index in [0.29, 0.717) is 39.1 Å². The molecule has 25 heavy (non-hydrogen) atoms. The van der Waals surface area contributed by atoms with Gasteiger partial charge >= 0.3 is 0 Å². The average Bonchev–Trinajstić information content (AvgIpc) is 2.88. The molecule has 0 bridgehead atoms. The molecular formula is C19H28ClN3O2. The zero-order valence-electron chi connectivity index (χ0n) is 15.2. The van der Waals surface area contributed by atoms with Gasteiger partial charge in [0.2, 0.25) is 5.91 Å². The van der Waals surface area contributed by atoms with Crippen LogP contribution < -0.4 is 11.1 Å². The summed E-state index contributed by atoms with van der Waals surface area (Å²) in [6.07, 6.45) is 1.39. The summed E-state index contributed by atoms with van der Waals surface area (Å²) < 4.78 is 5.39. The number of benzene rings is 1. The Labute approximate surface area is 155 Å². The summed E-state index contributed by atoms with van der Waals surface area (Å²) in [6.45, 7) is 8.39. The molecule has 138 valence electrons. The number of amides is 1. The minimum absolute atomic E-state index is 0. The van der Waals surface area contributed by atoms with Crippen molar-refractivity contribution in [1.82, 2.24) is 10.3 Å². The van der Waals surface area contributed by atoms with Crippen LogP contribution in [-0.2, 0) is 16.1 Å². The van der Waals surface area contributed by atoms with Gasteiger partial charge in [-0.3, -0.25) is 4.79 Å². The second-order valence-corrected chi connectivity index (χ2v) is 7.00. The molecule has 0 radical (unpaired) electrons. The average molecular weight is 366 g/mol. The van der Waals surface area contributed by atoms with Crippen molar-refractivity contribution in [2.45, 2.75) is 40.2 Å². The summed E-state index contributed by atoms with van der Waals surface area (Å²) in [5, 5.41) is 4.35. The van der Waals surface area contributed by atoms with Crippen LogP contribution in [0.1, 0.15) is 35.2 Å². The highest BCUT2D eigenvalue weighted by Gasteiger charge is 2.38. The number of aromatic nitrogens is 1. The Morgan fingerprint density at radius 1 is 1.28 bits per heavy atom. The molecule has 2 heterocycles. The molecule has 1 aliphatic rings. The third-order valence-electron chi connectivity index (χ3n) is 5.41. The fraction of sp³-hybridized carbons (Fsp3) is 0.526. The highest BCUT2D eigenvalue weighted by molar-refractivity contribution is 5.89. The first-order chi connectivity index (χ1) is 11.5. The maximum Gasteiger partial charge on any atom is 0.227 e. The Morgan fingerprint density at radius 3 is 2.60 bits per heavy atom. The minimum Gasteiger partial charge on any atom is -0.381 e. The van der Waals surface area contributed by atoms with Crippen molar-refractivity contribution in [2.24, 2.45) is 11.1 Å².